The van der Waals surface area contributed by atoms with Gasteiger partial charge in [0.15, 0.2) is 0 Å². The van der Waals surface area contributed by atoms with E-state index in [1.807, 2.05) is 6.92 Å². The minimum atomic E-state index is -0.128. The van der Waals surface area contributed by atoms with Crippen LogP contribution in [0.25, 0.3) is 0 Å². The lowest BCUT2D eigenvalue weighted by molar-refractivity contribution is -0.146. The first-order valence-electron chi connectivity index (χ1n) is 5.61. The molecule has 0 aromatic heterocycles. The van der Waals surface area contributed by atoms with Crippen molar-refractivity contribution < 1.29 is 9.53 Å². The van der Waals surface area contributed by atoms with Crippen molar-refractivity contribution in [1.82, 2.24) is 5.32 Å². The van der Waals surface area contributed by atoms with Gasteiger partial charge in [0.05, 0.1) is 6.61 Å². The molecule has 1 fully saturated rings. The average Bonchev–Trinajstić information content (AvgIpc) is 2.11. The molecule has 82 valence electrons. The molecule has 3 heteroatoms. The van der Waals surface area contributed by atoms with Crippen LogP contribution in [0.1, 0.15) is 39.0 Å². The van der Waals surface area contributed by atoms with E-state index in [-0.39, 0.29) is 12.0 Å². The maximum absolute atomic E-state index is 11.4. The van der Waals surface area contributed by atoms with Gasteiger partial charge in [0, 0.05) is 0 Å². The Morgan fingerprint density at radius 1 is 1.57 bits per heavy atom. The van der Waals surface area contributed by atoms with E-state index in [1.54, 1.807) is 7.05 Å². The fraction of sp³-hybridized carbons (Fsp3) is 0.909. The summed E-state index contributed by atoms with van der Waals surface area (Å²) in [6, 6.07) is -0.128. The Balaban J connectivity index is 2.06. The molecular weight excluding hydrogens is 178 g/mol. The summed E-state index contributed by atoms with van der Waals surface area (Å²) in [5, 5.41) is 2.94. The van der Waals surface area contributed by atoms with Gasteiger partial charge in [0.1, 0.15) is 6.04 Å². The predicted octanol–water partition coefficient (Wildman–Crippen LogP) is 1.72. The van der Waals surface area contributed by atoms with Crippen LogP contribution in [-0.2, 0) is 9.53 Å². The summed E-state index contributed by atoms with van der Waals surface area (Å²) in [6.07, 6.45) is 5.83. The first-order valence-corrected chi connectivity index (χ1v) is 5.61. The van der Waals surface area contributed by atoms with Gasteiger partial charge in [-0.1, -0.05) is 26.2 Å². The van der Waals surface area contributed by atoms with Crippen LogP contribution < -0.4 is 5.32 Å². The number of hydrogen-bond acceptors (Lipinski definition) is 3. The highest BCUT2D eigenvalue weighted by atomic mass is 16.5. The number of hydrogen-bond donors (Lipinski definition) is 1. The molecule has 0 heterocycles. The lowest BCUT2D eigenvalue weighted by Crippen LogP contribution is -2.35. The highest BCUT2D eigenvalue weighted by molar-refractivity contribution is 5.75. The second kappa shape index (κ2) is 6.02. The van der Waals surface area contributed by atoms with Crippen molar-refractivity contribution in [2.45, 2.75) is 45.1 Å². The summed E-state index contributed by atoms with van der Waals surface area (Å²) in [4.78, 5) is 11.4. The molecule has 1 unspecified atom stereocenters. The lowest BCUT2D eigenvalue weighted by Gasteiger charge is -2.25. The Hall–Kier alpha value is -0.570. The maximum Gasteiger partial charge on any atom is 0.323 e. The molecular formula is C11H21NO2. The summed E-state index contributed by atoms with van der Waals surface area (Å²) in [6.45, 7) is 2.58. The van der Waals surface area contributed by atoms with E-state index < -0.39 is 0 Å². The van der Waals surface area contributed by atoms with Crippen LogP contribution in [0, 0.1) is 5.92 Å². The molecule has 3 nitrogen and oxygen atoms in total. The topological polar surface area (TPSA) is 38.3 Å². The standard InChI is InChI=1S/C11H21NO2/c1-3-10(12-2)11(13)14-8-7-9-5-4-6-9/h9-10,12H,3-8H2,1-2H3. The van der Waals surface area contributed by atoms with Gasteiger partial charge in [-0.05, 0) is 25.8 Å². The van der Waals surface area contributed by atoms with Crippen LogP contribution >= 0.6 is 0 Å². The van der Waals surface area contributed by atoms with Crippen LogP contribution in [0.2, 0.25) is 0 Å². The number of esters is 1. The zero-order chi connectivity index (χ0) is 10.4. The smallest absolute Gasteiger partial charge is 0.323 e. The lowest BCUT2D eigenvalue weighted by atomic mass is 9.83. The first kappa shape index (κ1) is 11.5. The molecule has 0 aromatic rings. The van der Waals surface area contributed by atoms with Gasteiger partial charge in [-0.2, -0.15) is 0 Å². The SMILES string of the molecule is CCC(NC)C(=O)OCCC1CCC1. The van der Waals surface area contributed by atoms with Crippen molar-refractivity contribution in [3.63, 3.8) is 0 Å². The highest BCUT2D eigenvalue weighted by Gasteiger charge is 2.19. The molecule has 0 radical (unpaired) electrons. The molecule has 1 saturated carbocycles. The van der Waals surface area contributed by atoms with Gasteiger partial charge in [-0.3, -0.25) is 4.79 Å². The Morgan fingerprint density at radius 3 is 2.71 bits per heavy atom. The van der Waals surface area contributed by atoms with Crippen molar-refractivity contribution in [2.24, 2.45) is 5.92 Å². The molecule has 1 aliphatic carbocycles. The molecule has 1 N–H and O–H groups in total. The minimum Gasteiger partial charge on any atom is -0.465 e. The quantitative estimate of drug-likeness (QED) is 0.662. The molecule has 0 aliphatic heterocycles. The fourth-order valence-corrected chi connectivity index (χ4v) is 1.70. The third-order valence-corrected chi connectivity index (χ3v) is 3.04. The van der Waals surface area contributed by atoms with Crippen LogP contribution in [0.4, 0.5) is 0 Å². The molecule has 0 spiro atoms. The van der Waals surface area contributed by atoms with Crippen molar-refractivity contribution in [2.75, 3.05) is 13.7 Å². The van der Waals surface area contributed by atoms with E-state index in [0.717, 1.165) is 18.8 Å². The number of carbonyl (C=O) groups excluding carboxylic acids is 1. The Kier molecular flexibility index (Phi) is 4.94. The van der Waals surface area contributed by atoms with Crippen molar-refractivity contribution in [3.05, 3.63) is 0 Å². The Bertz CT molecular complexity index is 174. The third-order valence-electron chi connectivity index (χ3n) is 3.04. The number of ether oxygens (including phenoxy) is 1. The largest absolute Gasteiger partial charge is 0.465 e. The molecule has 0 bridgehead atoms. The monoisotopic (exact) mass is 199 g/mol. The summed E-state index contributed by atoms with van der Waals surface area (Å²) < 4.78 is 5.19. The zero-order valence-electron chi connectivity index (χ0n) is 9.21. The molecule has 1 atom stereocenters. The van der Waals surface area contributed by atoms with E-state index in [9.17, 15) is 4.79 Å². The van der Waals surface area contributed by atoms with Crippen molar-refractivity contribution in [1.29, 1.82) is 0 Å². The molecule has 1 aliphatic rings. The molecule has 14 heavy (non-hydrogen) atoms. The van der Waals surface area contributed by atoms with Crippen LogP contribution in [0.15, 0.2) is 0 Å². The van der Waals surface area contributed by atoms with E-state index >= 15 is 0 Å². The first-order chi connectivity index (χ1) is 6.77. The molecule has 0 saturated heterocycles. The second-order valence-corrected chi connectivity index (χ2v) is 4.00. The zero-order valence-corrected chi connectivity index (χ0v) is 9.21. The number of carbonyl (C=O) groups is 1. The predicted molar refractivity (Wildman–Crippen MR) is 56.1 cm³/mol. The second-order valence-electron chi connectivity index (χ2n) is 4.00. The molecule has 0 aromatic carbocycles. The van der Waals surface area contributed by atoms with E-state index in [1.165, 1.54) is 19.3 Å². The van der Waals surface area contributed by atoms with E-state index in [4.69, 9.17) is 4.74 Å². The Labute approximate surface area is 86.2 Å². The normalized spacial score (nSPS) is 18.7. The number of rotatable bonds is 6. The van der Waals surface area contributed by atoms with Gasteiger partial charge in [0.2, 0.25) is 0 Å². The van der Waals surface area contributed by atoms with Crippen LogP contribution in [0.3, 0.4) is 0 Å². The fourth-order valence-electron chi connectivity index (χ4n) is 1.70. The van der Waals surface area contributed by atoms with Crippen LogP contribution in [-0.4, -0.2) is 25.7 Å². The van der Waals surface area contributed by atoms with E-state index in [2.05, 4.69) is 5.32 Å². The van der Waals surface area contributed by atoms with Gasteiger partial charge < -0.3 is 10.1 Å². The van der Waals surface area contributed by atoms with Crippen LogP contribution in [0.5, 0.6) is 0 Å². The maximum atomic E-state index is 11.4. The summed E-state index contributed by atoms with van der Waals surface area (Å²) >= 11 is 0. The highest BCUT2D eigenvalue weighted by Crippen LogP contribution is 2.29. The molecule has 0 amide bonds. The number of nitrogens with one attached hydrogen (secondary N) is 1. The van der Waals surface area contributed by atoms with Crippen molar-refractivity contribution >= 4 is 5.97 Å². The third kappa shape index (κ3) is 3.29. The average molecular weight is 199 g/mol. The molecule has 1 rings (SSSR count). The van der Waals surface area contributed by atoms with E-state index in [0.29, 0.717) is 6.61 Å². The summed E-state index contributed by atoms with van der Waals surface area (Å²) in [5.41, 5.74) is 0. The van der Waals surface area contributed by atoms with Gasteiger partial charge >= 0.3 is 5.97 Å². The summed E-state index contributed by atoms with van der Waals surface area (Å²) in [7, 11) is 1.79. The van der Waals surface area contributed by atoms with Gasteiger partial charge in [-0.25, -0.2) is 0 Å². The van der Waals surface area contributed by atoms with Gasteiger partial charge in [-0.15, -0.1) is 0 Å². The van der Waals surface area contributed by atoms with Gasteiger partial charge in [0.25, 0.3) is 0 Å². The Morgan fingerprint density at radius 2 is 2.29 bits per heavy atom. The summed E-state index contributed by atoms with van der Waals surface area (Å²) in [5.74, 6) is 0.715. The van der Waals surface area contributed by atoms with Crippen molar-refractivity contribution in [3.8, 4) is 0 Å². The minimum absolute atomic E-state index is 0.102. The number of likely N-dealkylation sites (N-methyl/N-ethyl adjacent to an activating group) is 1.